The summed E-state index contributed by atoms with van der Waals surface area (Å²) >= 11 is 6.66. The van der Waals surface area contributed by atoms with E-state index in [9.17, 15) is 4.79 Å². The summed E-state index contributed by atoms with van der Waals surface area (Å²) < 4.78 is 14.5. The van der Waals surface area contributed by atoms with Crippen molar-refractivity contribution in [3.63, 3.8) is 0 Å². The third-order valence-electron chi connectivity index (χ3n) is 6.95. The molecule has 0 radical (unpaired) electrons. The minimum atomic E-state index is -0.218. The molecule has 0 unspecified atom stereocenters. The minimum absolute atomic E-state index is 0.0627. The fourth-order valence-corrected chi connectivity index (χ4v) is 5.29. The van der Waals surface area contributed by atoms with Gasteiger partial charge in [0.2, 0.25) is 0 Å². The van der Waals surface area contributed by atoms with Crippen LogP contribution in [0.4, 0.5) is 0 Å². The molecule has 8 heteroatoms. The van der Waals surface area contributed by atoms with E-state index in [0.717, 1.165) is 22.0 Å². The van der Waals surface area contributed by atoms with E-state index in [2.05, 4.69) is 5.32 Å². The molecule has 5 aromatic rings. The molecule has 1 heterocycles. The molecule has 2 N–H and O–H groups in total. The van der Waals surface area contributed by atoms with Crippen LogP contribution in [0.5, 0.6) is 11.5 Å². The topological polar surface area (TPSA) is 85.6 Å². The first kappa shape index (κ1) is 26.1. The normalized spacial score (nSPS) is 12.0. The number of benzene rings is 4. The molecule has 0 atom stereocenters. The molecule has 0 bridgehead atoms. The lowest BCUT2D eigenvalue weighted by Gasteiger charge is -2.22. The van der Waals surface area contributed by atoms with Gasteiger partial charge in [-0.25, -0.2) is 0 Å². The predicted molar refractivity (Wildman–Crippen MR) is 155 cm³/mol. The number of carbonyl (C=O) groups excluding carboxylic acids is 1. The van der Waals surface area contributed by atoms with Crippen LogP contribution in [0.2, 0.25) is 5.02 Å². The van der Waals surface area contributed by atoms with Gasteiger partial charge in [-0.2, -0.15) is 5.10 Å². The number of aliphatic hydroxyl groups excluding tert-OH is 1. The van der Waals surface area contributed by atoms with E-state index in [4.69, 9.17) is 31.3 Å². The number of aromatic nitrogens is 2. The Morgan fingerprint density at radius 2 is 1.52 bits per heavy atom. The average molecular weight is 554 g/mol. The summed E-state index contributed by atoms with van der Waals surface area (Å²) in [5, 5.41) is 18.3. The fourth-order valence-electron chi connectivity index (χ4n) is 5.05. The van der Waals surface area contributed by atoms with E-state index in [-0.39, 0.29) is 19.0 Å². The Labute approximate surface area is 236 Å². The van der Waals surface area contributed by atoms with Crippen molar-refractivity contribution in [3.05, 3.63) is 112 Å². The highest BCUT2D eigenvalue weighted by molar-refractivity contribution is 6.39. The van der Waals surface area contributed by atoms with Crippen molar-refractivity contribution in [3.8, 4) is 22.8 Å². The van der Waals surface area contributed by atoms with Crippen molar-refractivity contribution in [1.29, 1.82) is 0 Å². The molecule has 0 saturated carbocycles. The van der Waals surface area contributed by atoms with E-state index in [1.807, 2.05) is 83.5 Å². The van der Waals surface area contributed by atoms with Crippen LogP contribution < -0.4 is 14.8 Å². The summed E-state index contributed by atoms with van der Waals surface area (Å²) in [6, 6.07) is 27.0. The van der Waals surface area contributed by atoms with Crippen molar-refractivity contribution < 1.29 is 19.4 Å². The fraction of sp³-hybridized carbons (Fsp3) is 0.188. The second-order valence-corrected chi connectivity index (χ2v) is 9.96. The van der Waals surface area contributed by atoms with Crippen LogP contribution in [0.1, 0.15) is 27.0 Å². The zero-order chi connectivity index (χ0) is 27.5. The summed E-state index contributed by atoms with van der Waals surface area (Å²) in [6.45, 7) is 2.34. The maximum atomic E-state index is 14.2. The van der Waals surface area contributed by atoms with E-state index < -0.39 is 0 Å². The van der Waals surface area contributed by atoms with Crippen molar-refractivity contribution in [2.24, 2.45) is 0 Å². The highest BCUT2D eigenvalue weighted by Gasteiger charge is 2.35. The maximum Gasteiger partial charge on any atom is 0.199 e. The first-order chi connectivity index (χ1) is 19.7. The summed E-state index contributed by atoms with van der Waals surface area (Å²) in [5.74, 6) is 0.635. The van der Waals surface area contributed by atoms with Crippen LogP contribution in [-0.2, 0) is 19.8 Å². The van der Waals surface area contributed by atoms with Crippen LogP contribution >= 0.6 is 11.6 Å². The summed E-state index contributed by atoms with van der Waals surface area (Å²) in [6.07, 6.45) is 0. The number of fused-ring (bicyclic) bond motifs is 2. The molecular formula is C32H28ClN3O4. The number of ketones is 1. The SMILES string of the molecule is O=C1c2c(ccc(OCc3ccccc3)c2OCc2ccccc2)-c2nn(CCNCCO)c3ccc(Cl)c1c23. The van der Waals surface area contributed by atoms with Gasteiger partial charge in [0, 0.05) is 24.0 Å². The molecule has 1 aromatic heterocycles. The smallest absolute Gasteiger partial charge is 0.199 e. The van der Waals surface area contributed by atoms with Gasteiger partial charge in [-0.05, 0) is 35.4 Å². The molecule has 0 saturated heterocycles. The van der Waals surface area contributed by atoms with Crippen molar-refractivity contribution in [1.82, 2.24) is 15.1 Å². The first-order valence-electron chi connectivity index (χ1n) is 13.2. The lowest BCUT2D eigenvalue weighted by atomic mass is 9.86. The Balaban J connectivity index is 1.45. The van der Waals surface area contributed by atoms with Gasteiger partial charge in [-0.15, -0.1) is 0 Å². The summed E-state index contributed by atoms with van der Waals surface area (Å²) in [4.78, 5) is 14.2. The van der Waals surface area contributed by atoms with E-state index >= 15 is 0 Å². The molecule has 4 aromatic carbocycles. The zero-order valence-electron chi connectivity index (χ0n) is 21.8. The second-order valence-electron chi connectivity index (χ2n) is 9.55. The number of hydrogen-bond acceptors (Lipinski definition) is 6. The lowest BCUT2D eigenvalue weighted by Crippen LogP contribution is -2.23. The van der Waals surface area contributed by atoms with Crippen LogP contribution in [-0.4, -0.2) is 40.4 Å². The Bertz CT molecular complexity index is 1670. The molecule has 0 aliphatic heterocycles. The minimum Gasteiger partial charge on any atom is -0.485 e. The van der Waals surface area contributed by atoms with E-state index in [1.165, 1.54) is 0 Å². The molecule has 202 valence electrons. The van der Waals surface area contributed by atoms with Crippen molar-refractivity contribution in [2.75, 3.05) is 19.7 Å². The van der Waals surface area contributed by atoms with Crippen LogP contribution in [0.3, 0.4) is 0 Å². The van der Waals surface area contributed by atoms with Gasteiger partial charge in [0.15, 0.2) is 17.3 Å². The summed E-state index contributed by atoms with van der Waals surface area (Å²) in [7, 11) is 0. The first-order valence-corrected chi connectivity index (χ1v) is 13.6. The Kier molecular flexibility index (Phi) is 7.51. The maximum absolute atomic E-state index is 14.2. The molecule has 7 nitrogen and oxygen atoms in total. The Morgan fingerprint density at radius 3 is 2.23 bits per heavy atom. The highest BCUT2D eigenvalue weighted by Crippen LogP contribution is 2.47. The van der Waals surface area contributed by atoms with Gasteiger partial charge in [0.25, 0.3) is 0 Å². The van der Waals surface area contributed by atoms with Crippen molar-refractivity contribution >= 4 is 28.3 Å². The molecule has 1 aliphatic carbocycles. The summed E-state index contributed by atoms with van der Waals surface area (Å²) in [5.41, 5.74) is 4.98. The lowest BCUT2D eigenvalue weighted by molar-refractivity contribution is 0.103. The quantitative estimate of drug-likeness (QED) is 0.202. The number of nitrogens with zero attached hydrogens (tertiary/aromatic N) is 2. The number of halogens is 1. The molecule has 0 spiro atoms. The molecule has 6 rings (SSSR count). The van der Waals surface area contributed by atoms with Gasteiger partial charge in [-0.1, -0.05) is 72.3 Å². The Morgan fingerprint density at radius 1 is 0.825 bits per heavy atom. The van der Waals surface area contributed by atoms with Crippen molar-refractivity contribution in [2.45, 2.75) is 19.8 Å². The number of aliphatic hydroxyl groups is 1. The molecule has 0 fully saturated rings. The van der Waals surface area contributed by atoms with Crippen LogP contribution in [0.15, 0.2) is 84.9 Å². The van der Waals surface area contributed by atoms with Gasteiger partial charge < -0.3 is 19.9 Å². The van der Waals surface area contributed by atoms with E-state index in [0.29, 0.717) is 65.1 Å². The monoisotopic (exact) mass is 553 g/mol. The third-order valence-corrected chi connectivity index (χ3v) is 7.27. The second kappa shape index (κ2) is 11.5. The number of carbonyl (C=O) groups is 1. The van der Waals surface area contributed by atoms with Crippen LogP contribution in [0.25, 0.3) is 22.2 Å². The largest absolute Gasteiger partial charge is 0.485 e. The number of nitrogens with one attached hydrogen (secondary N) is 1. The molecule has 0 amide bonds. The van der Waals surface area contributed by atoms with Gasteiger partial charge >= 0.3 is 0 Å². The number of rotatable bonds is 11. The number of hydrogen-bond donors (Lipinski definition) is 2. The van der Waals surface area contributed by atoms with Crippen LogP contribution in [0, 0.1) is 0 Å². The third kappa shape index (κ3) is 4.95. The average Bonchev–Trinajstić information content (AvgIpc) is 3.36. The van der Waals surface area contributed by atoms with Gasteiger partial charge in [0.05, 0.1) is 34.8 Å². The molecule has 1 aliphatic rings. The zero-order valence-corrected chi connectivity index (χ0v) is 22.5. The Hall–Kier alpha value is -4.17. The van der Waals surface area contributed by atoms with Gasteiger partial charge in [-0.3, -0.25) is 9.48 Å². The van der Waals surface area contributed by atoms with Gasteiger partial charge in [0.1, 0.15) is 18.9 Å². The molecular weight excluding hydrogens is 526 g/mol. The predicted octanol–water partition coefficient (Wildman–Crippen LogP) is 5.64. The highest BCUT2D eigenvalue weighted by atomic mass is 35.5. The number of ether oxygens (including phenoxy) is 2. The standard InChI is InChI=1S/C32H28ClN3O4/c33-24-12-13-25-29-28(24)31(38)27-23(30(29)35-36(25)17-15-34-16-18-37)11-14-26(39-19-21-7-3-1-4-8-21)32(27)40-20-22-9-5-2-6-10-22/h1-14,34,37H,15-20H2. The molecule has 40 heavy (non-hydrogen) atoms. The van der Waals surface area contributed by atoms with E-state index in [1.54, 1.807) is 6.07 Å².